The molecule has 0 aromatic heterocycles. The zero-order chi connectivity index (χ0) is 14.1. The Bertz CT molecular complexity index is 632. The van der Waals surface area contributed by atoms with E-state index in [0.717, 1.165) is 0 Å². The lowest BCUT2D eigenvalue weighted by molar-refractivity contribution is 0.171. The molecule has 0 saturated carbocycles. The van der Waals surface area contributed by atoms with Crippen LogP contribution in [-0.4, -0.2) is 27.2 Å². The van der Waals surface area contributed by atoms with Gasteiger partial charge in [0.25, 0.3) is 0 Å². The Morgan fingerprint density at radius 2 is 1.89 bits per heavy atom. The average molecular weight is 282 g/mol. The molecule has 0 saturated heterocycles. The number of sulfonamides is 1. The molecule has 7 heteroatoms. The van der Waals surface area contributed by atoms with E-state index in [1.165, 1.54) is 26.0 Å². The van der Waals surface area contributed by atoms with E-state index in [0.29, 0.717) is 24.7 Å². The molecule has 0 amide bonds. The number of hydrogen-bond donors (Lipinski definition) is 1. The van der Waals surface area contributed by atoms with Gasteiger partial charge >= 0.3 is 0 Å². The van der Waals surface area contributed by atoms with E-state index in [1.807, 2.05) is 6.07 Å². The molecule has 1 aromatic carbocycles. The van der Waals surface area contributed by atoms with Gasteiger partial charge < -0.3 is 9.47 Å². The molecule has 0 atom stereocenters. The van der Waals surface area contributed by atoms with Crippen LogP contribution in [0.1, 0.15) is 13.8 Å². The molecule has 0 bridgehead atoms. The summed E-state index contributed by atoms with van der Waals surface area (Å²) in [6.45, 7) is 3.80. The third-order valence-electron chi connectivity index (χ3n) is 2.49. The minimum Gasteiger partial charge on any atom is -0.486 e. The largest absolute Gasteiger partial charge is 0.486 e. The maximum atomic E-state index is 12.1. The zero-order valence-corrected chi connectivity index (χ0v) is 11.5. The van der Waals surface area contributed by atoms with Gasteiger partial charge in [0, 0.05) is 6.07 Å². The van der Waals surface area contributed by atoms with Gasteiger partial charge in [-0.25, -0.2) is 8.42 Å². The summed E-state index contributed by atoms with van der Waals surface area (Å²) in [6, 6.07) is 6.24. The number of nitrogens with zero attached hydrogens (tertiary/aromatic N) is 1. The van der Waals surface area contributed by atoms with Crippen LogP contribution in [0.4, 0.5) is 0 Å². The summed E-state index contributed by atoms with van der Waals surface area (Å²) in [5, 5.41) is 8.87. The lowest BCUT2D eigenvalue weighted by atomic mass is 10.1. The molecule has 1 aliphatic rings. The first-order valence-electron chi connectivity index (χ1n) is 5.69. The Morgan fingerprint density at radius 3 is 2.53 bits per heavy atom. The van der Waals surface area contributed by atoms with E-state index in [9.17, 15) is 8.42 Å². The van der Waals surface area contributed by atoms with Crippen molar-refractivity contribution in [3.63, 3.8) is 0 Å². The zero-order valence-electron chi connectivity index (χ0n) is 10.6. The van der Waals surface area contributed by atoms with E-state index in [1.54, 1.807) is 6.07 Å². The SMILES string of the molecule is CC(C)(C#N)NS(=O)(=O)c1ccc2c(c1)OCCO2. The lowest BCUT2D eigenvalue weighted by Gasteiger charge is -2.20. The summed E-state index contributed by atoms with van der Waals surface area (Å²) >= 11 is 0. The minimum atomic E-state index is -3.77. The van der Waals surface area contributed by atoms with Crippen molar-refractivity contribution < 1.29 is 17.9 Å². The van der Waals surface area contributed by atoms with Crippen molar-refractivity contribution in [1.82, 2.24) is 4.72 Å². The molecule has 0 radical (unpaired) electrons. The number of rotatable bonds is 3. The topological polar surface area (TPSA) is 88.4 Å². The number of hydrogen-bond acceptors (Lipinski definition) is 5. The second-order valence-electron chi connectivity index (χ2n) is 4.65. The first kappa shape index (κ1) is 13.6. The highest BCUT2D eigenvalue weighted by Gasteiger charge is 2.27. The molecule has 0 fully saturated rings. The molecule has 6 nitrogen and oxygen atoms in total. The van der Waals surface area contributed by atoms with Gasteiger partial charge in [0.1, 0.15) is 18.8 Å². The van der Waals surface area contributed by atoms with Crippen LogP contribution in [0.3, 0.4) is 0 Å². The van der Waals surface area contributed by atoms with Crippen LogP contribution in [0, 0.1) is 11.3 Å². The summed E-state index contributed by atoms with van der Waals surface area (Å²) in [6.07, 6.45) is 0. The number of nitrogens with one attached hydrogen (secondary N) is 1. The highest BCUT2D eigenvalue weighted by Crippen LogP contribution is 2.32. The summed E-state index contributed by atoms with van der Waals surface area (Å²) in [7, 11) is -3.77. The summed E-state index contributed by atoms with van der Waals surface area (Å²) in [5.74, 6) is 0.911. The Labute approximate surface area is 112 Å². The molecular formula is C12H14N2O4S. The van der Waals surface area contributed by atoms with E-state index in [-0.39, 0.29) is 4.90 Å². The van der Waals surface area contributed by atoms with Crippen LogP contribution in [0.15, 0.2) is 23.1 Å². The van der Waals surface area contributed by atoms with Crippen molar-refractivity contribution in [3.8, 4) is 17.6 Å². The number of nitriles is 1. The molecular weight excluding hydrogens is 268 g/mol. The van der Waals surface area contributed by atoms with Crippen molar-refractivity contribution in [2.45, 2.75) is 24.3 Å². The maximum Gasteiger partial charge on any atom is 0.242 e. The van der Waals surface area contributed by atoms with Gasteiger partial charge in [-0.2, -0.15) is 9.98 Å². The van der Waals surface area contributed by atoms with Crippen LogP contribution >= 0.6 is 0 Å². The minimum absolute atomic E-state index is 0.0417. The fraction of sp³-hybridized carbons (Fsp3) is 0.417. The molecule has 2 rings (SSSR count). The van der Waals surface area contributed by atoms with E-state index in [4.69, 9.17) is 14.7 Å². The molecule has 1 heterocycles. The van der Waals surface area contributed by atoms with Gasteiger partial charge in [-0.15, -0.1) is 0 Å². The van der Waals surface area contributed by atoms with Crippen LogP contribution in [0.5, 0.6) is 11.5 Å². The average Bonchev–Trinajstić information content (AvgIpc) is 2.37. The Morgan fingerprint density at radius 1 is 1.26 bits per heavy atom. The maximum absolute atomic E-state index is 12.1. The molecule has 102 valence electrons. The van der Waals surface area contributed by atoms with Crippen molar-refractivity contribution in [2.24, 2.45) is 0 Å². The van der Waals surface area contributed by atoms with E-state index >= 15 is 0 Å². The third-order valence-corrected chi connectivity index (χ3v) is 4.15. The third kappa shape index (κ3) is 2.97. The van der Waals surface area contributed by atoms with Gasteiger partial charge in [0.15, 0.2) is 11.5 Å². The molecule has 1 N–H and O–H groups in total. The fourth-order valence-corrected chi connectivity index (χ4v) is 2.95. The second kappa shape index (κ2) is 4.72. The molecule has 19 heavy (non-hydrogen) atoms. The molecule has 0 aliphatic carbocycles. The summed E-state index contributed by atoms with van der Waals surface area (Å²) < 4.78 is 37.2. The highest BCUT2D eigenvalue weighted by molar-refractivity contribution is 7.89. The molecule has 0 unspecified atom stereocenters. The van der Waals surface area contributed by atoms with Crippen molar-refractivity contribution in [2.75, 3.05) is 13.2 Å². The molecule has 0 spiro atoms. The monoisotopic (exact) mass is 282 g/mol. The van der Waals surface area contributed by atoms with Crippen molar-refractivity contribution in [1.29, 1.82) is 5.26 Å². The van der Waals surface area contributed by atoms with E-state index in [2.05, 4.69) is 4.72 Å². The summed E-state index contributed by atoms with van der Waals surface area (Å²) in [5.41, 5.74) is -1.17. The number of benzene rings is 1. The predicted octanol–water partition coefficient (Wildman–Crippen LogP) is 1.04. The fourth-order valence-electron chi connectivity index (χ4n) is 1.61. The first-order chi connectivity index (χ1) is 8.84. The second-order valence-corrected chi connectivity index (χ2v) is 6.33. The van der Waals surface area contributed by atoms with Gasteiger partial charge in [-0.1, -0.05) is 0 Å². The van der Waals surface area contributed by atoms with Crippen LogP contribution < -0.4 is 14.2 Å². The number of ether oxygens (including phenoxy) is 2. The number of fused-ring (bicyclic) bond motifs is 1. The Kier molecular flexibility index (Phi) is 3.39. The molecule has 1 aliphatic heterocycles. The van der Waals surface area contributed by atoms with Gasteiger partial charge in [-0.3, -0.25) is 0 Å². The quantitative estimate of drug-likeness (QED) is 0.894. The van der Waals surface area contributed by atoms with Gasteiger partial charge in [0.05, 0.1) is 11.0 Å². The highest BCUT2D eigenvalue weighted by atomic mass is 32.2. The van der Waals surface area contributed by atoms with Crippen LogP contribution in [0.25, 0.3) is 0 Å². The van der Waals surface area contributed by atoms with E-state index < -0.39 is 15.6 Å². The standard InChI is InChI=1S/C12H14N2O4S/c1-12(2,8-13)14-19(15,16)9-3-4-10-11(7-9)18-6-5-17-10/h3-4,7,14H,5-6H2,1-2H3. The molecule has 1 aromatic rings. The predicted molar refractivity (Wildman–Crippen MR) is 67.4 cm³/mol. The Balaban J connectivity index is 2.34. The first-order valence-corrected chi connectivity index (χ1v) is 7.17. The van der Waals surface area contributed by atoms with Crippen LogP contribution in [0.2, 0.25) is 0 Å². The van der Waals surface area contributed by atoms with Crippen molar-refractivity contribution >= 4 is 10.0 Å². The Hall–Kier alpha value is -1.78. The summed E-state index contributed by atoms with van der Waals surface area (Å²) in [4.78, 5) is 0.0417. The van der Waals surface area contributed by atoms with Crippen LogP contribution in [-0.2, 0) is 10.0 Å². The van der Waals surface area contributed by atoms with Gasteiger partial charge in [0.2, 0.25) is 10.0 Å². The van der Waals surface area contributed by atoms with Gasteiger partial charge in [-0.05, 0) is 26.0 Å². The smallest absolute Gasteiger partial charge is 0.242 e. The normalized spacial score (nSPS) is 14.8. The van der Waals surface area contributed by atoms with Crippen molar-refractivity contribution in [3.05, 3.63) is 18.2 Å². The lowest BCUT2D eigenvalue weighted by Crippen LogP contribution is -2.41.